The summed E-state index contributed by atoms with van der Waals surface area (Å²) in [6, 6.07) is 0.474. The van der Waals surface area contributed by atoms with Crippen molar-refractivity contribution in [1.82, 2.24) is 10.2 Å². The average Bonchev–Trinajstić information content (AvgIpc) is 2.26. The van der Waals surface area contributed by atoms with Crippen LogP contribution in [0.2, 0.25) is 0 Å². The summed E-state index contributed by atoms with van der Waals surface area (Å²) in [7, 11) is 0. The van der Waals surface area contributed by atoms with Crippen molar-refractivity contribution in [1.29, 1.82) is 0 Å². The van der Waals surface area contributed by atoms with Gasteiger partial charge in [0.05, 0.1) is 6.61 Å². The van der Waals surface area contributed by atoms with E-state index < -0.39 is 0 Å². The topological polar surface area (TPSA) is 24.5 Å². The van der Waals surface area contributed by atoms with Crippen LogP contribution in [0.5, 0.6) is 0 Å². The first-order chi connectivity index (χ1) is 7.24. The fourth-order valence-corrected chi connectivity index (χ4v) is 1.54. The van der Waals surface area contributed by atoms with Crippen LogP contribution in [-0.4, -0.2) is 50.3 Å². The molecule has 15 heavy (non-hydrogen) atoms. The lowest BCUT2D eigenvalue weighted by molar-refractivity contribution is 0.127. The van der Waals surface area contributed by atoms with Crippen LogP contribution < -0.4 is 5.32 Å². The van der Waals surface area contributed by atoms with Gasteiger partial charge in [0.1, 0.15) is 0 Å². The predicted octanol–water partition coefficient (Wildman–Crippen LogP) is 1.73. The molecule has 0 aliphatic heterocycles. The van der Waals surface area contributed by atoms with E-state index in [9.17, 15) is 0 Å². The molecule has 1 atom stereocenters. The largest absolute Gasteiger partial charge is 0.380 e. The van der Waals surface area contributed by atoms with Crippen molar-refractivity contribution in [2.75, 3.05) is 39.4 Å². The summed E-state index contributed by atoms with van der Waals surface area (Å²) in [5.74, 6) is 0. The standard InChI is InChI=1S/C12H28N2O/c1-5-14(6-2)10-8-9-13-12(4)11-15-7-3/h12-13H,5-11H2,1-4H3. The lowest BCUT2D eigenvalue weighted by atomic mass is 10.3. The van der Waals surface area contributed by atoms with Gasteiger partial charge in [-0.05, 0) is 46.4 Å². The van der Waals surface area contributed by atoms with Gasteiger partial charge in [0.15, 0.2) is 0 Å². The van der Waals surface area contributed by atoms with E-state index in [0.717, 1.165) is 32.8 Å². The Morgan fingerprint density at radius 2 is 1.87 bits per heavy atom. The summed E-state index contributed by atoms with van der Waals surface area (Å²) in [6.45, 7) is 14.9. The molecule has 92 valence electrons. The number of nitrogens with one attached hydrogen (secondary N) is 1. The monoisotopic (exact) mass is 216 g/mol. The molecule has 3 nitrogen and oxygen atoms in total. The summed E-state index contributed by atoms with van der Waals surface area (Å²) in [6.07, 6.45) is 1.22. The Hall–Kier alpha value is -0.120. The lowest BCUT2D eigenvalue weighted by Gasteiger charge is -2.19. The van der Waals surface area contributed by atoms with E-state index in [1.165, 1.54) is 13.0 Å². The van der Waals surface area contributed by atoms with E-state index >= 15 is 0 Å². The van der Waals surface area contributed by atoms with Gasteiger partial charge in [-0.15, -0.1) is 0 Å². The molecular formula is C12H28N2O. The maximum absolute atomic E-state index is 5.34. The fraction of sp³-hybridized carbons (Fsp3) is 1.00. The molecule has 0 aromatic rings. The quantitative estimate of drug-likeness (QED) is 0.563. The van der Waals surface area contributed by atoms with Crippen molar-refractivity contribution in [2.45, 2.75) is 40.2 Å². The zero-order valence-corrected chi connectivity index (χ0v) is 10.9. The molecule has 0 heterocycles. The van der Waals surface area contributed by atoms with Gasteiger partial charge in [-0.2, -0.15) is 0 Å². The number of hydrogen-bond donors (Lipinski definition) is 1. The normalized spacial score (nSPS) is 13.4. The molecule has 0 bridgehead atoms. The van der Waals surface area contributed by atoms with Crippen LogP contribution in [0.3, 0.4) is 0 Å². The highest BCUT2D eigenvalue weighted by molar-refractivity contribution is 4.60. The Balaban J connectivity index is 3.29. The maximum Gasteiger partial charge on any atom is 0.0616 e. The van der Waals surface area contributed by atoms with Crippen LogP contribution in [0.15, 0.2) is 0 Å². The molecule has 0 aliphatic carbocycles. The highest BCUT2D eigenvalue weighted by Gasteiger charge is 2.01. The number of nitrogens with zero attached hydrogens (tertiary/aromatic N) is 1. The Morgan fingerprint density at radius 3 is 2.40 bits per heavy atom. The van der Waals surface area contributed by atoms with Gasteiger partial charge in [-0.3, -0.25) is 0 Å². The van der Waals surface area contributed by atoms with Gasteiger partial charge >= 0.3 is 0 Å². The molecule has 0 aliphatic rings. The summed E-state index contributed by atoms with van der Waals surface area (Å²) in [4.78, 5) is 2.45. The molecule has 0 radical (unpaired) electrons. The van der Waals surface area contributed by atoms with Crippen LogP contribution in [0, 0.1) is 0 Å². The van der Waals surface area contributed by atoms with Crippen LogP contribution in [-0.2, 0) is 4.74 Å². The first kappa shape index (κ1) is 14.9. The zero-order chi connectivity index (χ0) is 11.5. The van der Waals surface area contributed by atoms with Gasteiger partial charge in [0.25, 0.3) is 0 Å². The van der Waals surface area contributed by atoms with E-state index in [1.807, 2.05) is 6.92 Å². The molecule has 0 aromatic heterocycles. The summed E-state index contributed by atoms with van der Waals surface area (Å²) >= 11 is 0. The second-order valence-electron chi connectivity index (χ2n) is 3.90. The molecule has 0 saturated carbocycles. The number of hydrogen-bond acceptors (Lipinski definition) is 3. The van der Waals surface area contributed by atoms with Crippen molar-refractivity contribution < 1.29 is 4.74 Å². The third kappa shape index (κ3) is 8.85. The van der Waals surface area contributed by atoms with Crippen LogP contribution in [0.4, 0.5) is 0 Å². The highest BCUT2D eigenvalue weighted by atomic mass is 16.5. The molecule has 1 N–H and O–H groups in total. The van der Waals surface area contributed by atoms with Crippen molar-refractivity contribution >= 4 is 0 Å². The zero-order valence-electron chi connectivity index (χ0n) is 10.9. The van der Waals surface area contributed by atoms with Crippen molar-refractivity contribution in [3.63, 3.8) is 0 Å². The average molecular weight is 216 g/mol. The number of ether oxygens (including phenoxy) is 1. The molecule has 0 spiro atoms. The predicted molar refractivity (Wildman–Crippen MR) is 66.4 cm³/mol. The first-order valence-electron chi connectivity index (χ1n) is 6.28. The van der Waals surface area contributed by atoms with Crippen molar-refractivity contribution in [2.24, 2.45) is 0 Å². The second-order valence-corrected chi connectivity index (χ2v) is 3.90. The van der Waals surface area contributed by atoms with Gasteiger partial charge in [-0.1, -0.05) is 13.8 Å². The van der Waals surface area contributed by atoms with Gasteiger partial charge in [-0.25, -0.2) is 0 Å². The maximum atomic E-state index is 5.34. The SMILES string of the molecule is CCOCC(C)NCCCN(CC)CC. The minimum absolute atomic E-state index is 0.474. The first-order valence-corrected chi connectivity index (χ1v) is 6.28. The lowest BCUT2D eigenvalue weighted by Crippen LogP contribution is -2.33. The second kappa shape index (κ2) is 10.4. The van der Waals surface area contributed by atoms with Crippen LogP contribution >= 0.6 is 0 Å². The molecule has 0 rings (SSSR count). The van der Waals surface area contributed by atoms with E-state index in [2.05, 4.69) is 31.0 Å². The molecular weight excluding hydrogens is 188 g/mol. The molecule has 1 unspecified atom stereocenters. The molecule has 0 saturated heterocycles. The van der Waals surface area contributed by atoms with Crippen LogP contribution in [0.25, 0.3) is 0 Å². The highest BCUT2D eigenvalue weighted by Crippen LogP contribution is 1.90. The molecule has 0 fully saturated rings. The number of rotatable bonds is 10. The third-order valence-corrected chi connectivity index (χ3v) is 2.61. The van der Waals surface area contributed by atoms with Crippen LogP contribution in [0.1, 0.15) is 34.1 Å². The smallest absolute Gasteiger partial charge is 0.0616 e. The Kier molecular flexibility index (Phi) is 10.3. The summed E-state index contributed by atoms with van der Waals surface area (Å²) < 4.78 is 5.34. The van der Waals surface area contributed by atoms with Gasteiger partial charge in [0.2, 0.25) is 0 Å². The fourth-order valence-electron chi connectivity index (χ4n) is 1.54. The Labute approximate surface area is 95.2 Å². The Bertz CT molecular complexity index is 127. The molecule has 0 amide bonds. The Morgan fingerprint density at radius 1 is 1.20 bits per heavy atom. The van der Waals surface area contributed by atoms with Crippen molar-refractivity contribution in [3.05, 3.63) is 0 Å². The summed E-state index contributed by atoms with van der Waals surface area (Å²) in [5, 5.41) is 3.47. The third-order valence-electron chi connectivity index (χ3n) is 2.61. The van der Waals surface area contributed by atoms with Gasteiger partial charge in [0, 0.05) is 12.6 Å². The van der Waals surface area contributed by atoms with E-state index in [0.29, 0.717) is 6.04 Å². The van der Waals surface area contributed by atoms with E-state index in [1.54, 1.807) is 0 Å². The minimum Gasteiger partial charge on any atom is -0.380 e. The van der Waals surface area contributed by atoms with Gasteiger partial charge < -0.3 is 15.0 Å². The molecule has 0 aromatic carbocycles. The minimum atomic E-state index is 0.474. The van der Waals surface area contributed by atoms with E-state index in [-0.39, 0.29) is 0 Å². The van der Waals surface area contributed by atoms with E-state index in [4.69, 9.17) is 4.74 Å². The summed E-state index contributed by atoms with van der Waals surface area (Å²) in [5.41, 5.74) is 0. The van der Waals surface area contributed by atoms with Crippen molar-refractivity contribution in [3.8, 4) is 0 Å². The molecule has 3 heteroatoms.